The number of aromatic nitrogens is 1. The van der Waals surface area contributed by atoms with Crippen molar-refractivity contribution in [3.63, 3.8) is 0 Å². The Morgan fingerprint density at radius 3 is 2.55 bits per heavy atom. The third-order valence-electron chi connectivity index (χ3n) is 5.98. The maximum Gasteiger partial charge on any atom is 0.343 e. The molecule has 0 aliphatic carbocycles. The molecule has 0 N–H and O–H groups in total. The molecule has 0 radical (unpaired) electrons. The Labute approximate surface area is 182 Å². The predicted octanol–water partition coefficient (Wildman–Crippen LogP) is 5.66. The lowest BCUT2D eigenvalue weighted by atomic mass is 9.77. The lowest BCUT2D eigenvalue weighted by Crippen LogP contribution is -2.27. The van der Waals surface area contributed by atoms with Gasteiger partial charge >= 0.3 is 5.97 Å². The SMILES string of the molecule is CCOC(=O)c1cc(C(C)C(C)(C)C)c2ccc(Cc3cccc(C)c3F)cn2c1=O. The summed E-state index contributed by atoms with van der Waals surface area (Å²) in [6.45, 7) is 12.1. The summed E-state index contributed by atoms with van der Waals surface area (Å²) >= 11 is 0. The van der Waals surface area contributed by atoms with E-state index in [0.717, 1.165) is 16.6 Å². The minimum absolute atomic E-state index is 0.0179. The van der Waals surface area contributed by atoms with Crippen LogP contribution in [0.2, 0.25) is 0 Å². The van der Waals surface area contributed by atoms with Gasteiger partial charge in [-0.1, -0.05) is 52.0 Å². The zero-order valence-electron chi connectivity index (χ0n) is 19.1. The van der Waals surface area contributed by atoms with E-state index >= 15 is 0 Å². The van der Waals surface area contributed by atoms with E-state index in [-0.39, 0.29) is 29.3 Å². The third kappa shape index (κ3) is 4.55. The molecule has 4 nitrogen and oxygen atoms in total. The van der Waals surface area contributed by atoms with Gasteiger partial charge in [0.1, 0.15) is 11.4 Å². The van der Waals surface area contributed by atoms with Gasteiger partial charge in [-0.3, -0.25) is 9.20 Å². The highest BCUT2D eigenvalue weighted by Gasteiger charge is 2.26. The summed E-state index contributed by atoms with van der Waals surface area (Å²) in [5.41, 5.74) is 3.10. The molecule has 0 spiro atoms. The van der Waals surface area contributed by atoms with Gasteiger partial charge in [0.2, 0.25) is 0 Å². The molecule has 3 rings (SSSR count). The number of pyridine rings is 2. The van der Waals surface area contributed by atoms with Gasteiger partial charge < -0.3 is 4.74 Å². The van der Waals surface area contributed by atoms with Crippen molar-refractivity contribution >= 4 is 11.5 Å². The molecule has 0 saturated heterocycles. The van der Waals surface area contributed by atoms with Crippen LogP contribution in [-0.2, 0) is 11.2 Å². The zero-order chi connectivity index (χ0) is 22.9. The van der Waals surface area contributed by atoms with E-state index in [1.807, 2.05) is 18.2 Å². The van der Waals surface area contributed by atoms with Crippen LogP contribution in [0, 0.1) is 18.2 Å². The van der Waals surface area contributed by atoms with Crippen molar-refractivity contribution in [3.8, 4) is 0 Å². The molecule has 31 heavy (non-hydrogen) atoms. The third-order valence-corrected chi connectivity index (χ3v) is 5.98. The number of halogens is 1. The molecular formula is C26H30FNO3. The lowest BCUT2D eigenvalue weighted by molar-refractivity contribution is 0.0524. The number of benzene rings is 1. The fourth-order valence-corrected chi connectivity index (χ4v) is 3.71. The molecule has 1 aromatic carbocycles. The van der Waals surface area contributed by atoms with Crippen LogP contribution in [0.15, 0.2) is 47.4 Å². The van der Waals surface area contributed by atoms with Crippen molar-refractivity contribution in [3.05, 3.63) is 86.6 Å². The molecule has 164 valence electrons. The summed E-state index contributed by atoms with van der Waals surface area (Å²) in [6.07, 6.45) is 2.06. The van der Waals surface area contributed by atoms with Crippen molar-refractivity contribution in [1.82, 2.24) is 4.40 Å². The second-order valence-corrected chi connectivity index (χ2v) is 9.14. The van der Waals surface area contributed by atoms with Gasteiger partial charge in [-0.15, -0.1) is 0 Å². The maximum absolute atomic E-state index is 14.5. The Balaban J connectivity index is 2.21. The van der Waals surface area contributed by atoms with Gasteiger partial charge in [-0.2, -0.15) is 0 Å². The van der Waals surface area contributed by atoms with Crippen LogP contribution in [0.5, 0.6) is 0 Å². The van der Waals surface area contributed by atoms with E-state index in [4.69, 9.17) is 4.74 Å². The summed E-state index contributed by atoms with van der Waals surface area (Å²) in [5, 5.41) is 0. The van der Waals surface area contributed by atoms with Gasteiger partial charge in [0.25, 0.3) is 5.56 Å². The highest BCUT2D eigenvalue weighted by molar-refractivity contribution is 5.90. The lowest BCUT2D eigenvalue weighted by Gasteiger charge is -2.29. The first-order valence-electron chi connectivity index (χ1n) is 10.6. The summed E-state index contributed by atoms with van der Waals surface area (Å²) in [4.78, 5) is 25.7. The monoisotopic (exact) mass is 423 g/mol. The molecule has 0 bridgehead atoms. The predicted molar refractivity (Wildman–Crippen MR) is 121 cm³/mol. The Morgan fingerprint density at radius 1 is 1.19 bits per heavy atom. The van der Waals surface area contributed by atoms with Crippen molar-refractivity contribution < 1.29 is 13.9 Å². The Hall–Kier alpha value is -2.95. The smallest absolute Gasteiger partial charge is 0.343 e. The molecule has 2 aromatic heterocycles. The van der Waals surface area contributed by atoms with Gasteiger partial charge in [0.15, 0.2) is 0 Å². The number of aryl methyl sites for hydroxylation is 1. The minimum Gasteiger partial charge on any atom is -0.462 e. The molecule has 0 amide bonds. The number of esters is 1. The topological polar surface area (TPSA) is 47.8 Å². The van der Waals surface area contributed by atoms with Crippen LogP contribution < -0.4 is 5.56 Å². The van der Waals surface area contributed by atoms with Crippen LogP contribution in [0.4, 0.5) is 4.39 Å². The first kappa shape index (κ1) is 22.7. The molecular weight excluding hydrogens is 393 g/mol. The fraction of sp³-hybridized carbons (Fsp3) is 0.385. The second-order valence-electron chi connectivity index (χ2n) is 9.14. The van der Waals surface area contributed by atoms with E-state index in [2.05, 4.69) is 27.7 Å². The van der Waals surface area contributed by atoms with Gasteiger partial charge in [-0.25, -0.2) is 9.18 Å². The van der Waals surface area contributed by atoms with Crippen LogP contribution in [0.3, 0.4) is 0 Å². The van der Waals surface area contributed by atoms with Crippen LogP contribution in [0.25, 0.3) is 5.52 Å². The number of fused-ring (bicyclic) bond motifs is 1. The Bertz CT molecular complexity index is 1190. The van der Waals surface area contributed by atoms with Crippen LogP contribution >= 0.6 is 0 Å². The molecule has 3 aromatic rings. The van der Waals surface area contributed by atoms with Gasteiger partial charge in [0, 0.05) is 12.6 Å². The maximum atomic E-state index is 14.5. The number of ether oxygens (including phenoxy) is 1. The number of hydrogen-bond acceptors (Lipinski definition) is 3. The summed E-state index contributed by atoms with van der Waals surface area (Å²) in [7, 11) is 0. The van der Waals surface area contributed by atoms with Crippen molar-refractivity contribution in [2.75, 3.05) is 6.61 Å². The quantitative estimate of drug-likeness (QED) is 0.497. The highest BCUT2D eigenvalue weighted by atomic mass is 19.1. The normalized spacial score (nSPS) is 12.7. The molecule has 5 heteroatoms. The molecule has 2 heterocycles. The first-order valence-corrected chi connectivity index (χ1v) is 10.6. The minimum atomic E-state index is -0.626. The van der Waals surface area contributed by atoms with Crippen molar-refractivity contribution in [2.24, 2.45) is 5.41 Å². The molecule has 0 aliphatic rings. The first-order chi connectivity index (χ1) is 14.5. The number of carbonyl (C=O) groups excluding carboxylic acids is 1. The van der Waals surface area contributed by atoms with Gasteiger partial charge in [-0.05, 0) is 59.6 Å². The fourth-order valence-electron chi connectivity index (χ4n) is 3.71. The van der Waals surface area contributed by atoms with E-state index in [1.54, 1.807) is 38.2 Å². The van der Waals surface area contributed by atoms with E-state index < -0.39 is 11.5 Å². The number of nitrogens with zero attached hydrogens (tertiary/aromatic N) is 1. The number of carbonyl (C=O) groups is 1. The highest BCUT2D eigenvalue weighted by Crippen LogP contribution is 2.36. The van der Waals surface area contributed by atoms with Gasteiger partial charge in [0.05, 0.1) is 12.1 Å². The molecule has 1 atom stereocenters. The Kier molecular flexibility index (Phi) is 6.35. The average molecular weight is 424 g/mol. The molecule has 0 aliphatic heterocycles. The summed E-state index contributed by atoms with van der Waals surface area (Å²) in [5.74, 6) is -0.784. The largest absolute Gasteiger partial charge is 0.462 e. The second kappa shape index (κ2) is 8.66. The summed E-state index contributed by atoms with van der Waals surface area (Å²) in [6, 6.07) is 10.8. The van der Waals surface area contributed by atoms with E-state index in [0.29, 0.717) is 17.5 Å². The average Bonchev–Trinajstić information content (AvgIpc) is 2.71. The van der Waals surface area contributed by atoms with E-state index in [1.165, 1.54) is 4.40 Å². The molecule has 1 unspecified atom stereocenters. The standard InChI is InChI=1S/C26H30FNO3/c1-7-31-25(30)21-14-20(17(3)26(4,5)6)22-12-11-18(15-28(22)24(21)29)13-19-10-8-9-16(2)23(19)27/h8-12,14-15,17H,7,13H2,1-6H3. The van der Waals surface area contributed by atoms with E-state index in [9.17, 15) is 14.0 Å². The van der Waals surface area contributed by atoms with Crippen LogP contribution in [-0.4, -0.2) is 17.0 Å². The Morgan fingerprint density at radius 2 is 1.90 bits per heavy atom. The molecule has 0 saturated carbocycles. The molecule has 0 fully saturated rings. The number of hydrogen-bond donors (Lipinski definition) is 0. The van der Waals surface area contributed by atoms with Crippen LogP contribution in [0.1, 0.15) is 73.1 Å². The van der Waals surface area contributed by atoms with Crippen molar-refractivity contribution in [2.45, 2.75) is 53.9 Å². The summed E-state index contributed by atoms with van der Waals surface area (Å²) < 4.78 is 21.1. The van der Waals surface area contributed by atoms with Crippen molar-refractivity contribution in [1.29, 1.82) is 0 Å². The zero-order valence-corrected chi connectivity index (χ0v) is 19.1. The number of rotatable bonds is 5.